The van der Waals surface area contributed by atoms with Gasteiger partial charge in [-0.25, -0.2) is 0 Å². The Morgan fingerprint density at radius 1 is 1.33 bits per heavy atom. The number of phenols is 2. The van der Waals surface area contributed by atoms with Crippen LogP contribution in [0.4, 0.5) is 5.69 Å². The second-order valence-electron chi connectivity index (χ2n) is 5.43. The Morgan fingerprint density at radius 2 is 2.08 bits per heavy atom. The Kier molecular flexibility index (Phi) is 4.04. The molecule has 1 atom stereocenters. The highest BCUT2D eigenvalue weighted by molar-refractivity contribution is 6.01. The number of fused-ring (bicyclic) bond motifs is 1. The van der Waals surface area contributed by atoms with E-state index in [1.54, 1.807) is 29.2 Å². The van der Waals surface area contributed by atoms with Gasteiger partial charge in [-0.15, -0.1) is 6.58 Å². The van der Waals surface area contributed by atoms with Crippen LogP contribution in [0.1, 0.15) is 22.1 Å². The topological polar surface area (TPSA) is 82.0 Å². The number of rotatable bonds is 4. The van der Waals surface area contributed by atoms with Gasteiger partial charge in [-0.2, -0.15) is 0 Å². The first-order valence-electron chi connectivity index (χ1n) is 7.44. The number of methoxy groups -OCH3 is 1. The normalized spacial score (nSPS) is 16.3. The van der Waals surface area contributed by atoms with Crippen LogP contribution >= 0.6 is 0 Å². The molecule has 1 amide bonds. The van der Waals surface area contributed by atoms with Crippen LogP contribution in [-0.2, 0) is 0 Å². The Hall–Kier alpha value is -3.15. The van der Waals surface area contributed by atoms with Crippen LogP contribution in [0.5, 0.6) is 17.2 Å². The van der Waals surface area contributed by atoms with Gasteiger partial charge in [0.1, 0.15) is 6.17 Å². The summed E-state index contributed by atoms with van der Waals surface area (Å²) >= 11 is 0. The molecule has 1 heterocycles. The molecule has 0 aromatic heterocycles. The fourth-order valence-corrected chi connectivity index (χ4v) is 2.81. The Bertz CT molecular complexity index is 804. The summed E-state index contributed by atoms with van der Waals surface area (Å²) < 4.78 is 5.09. The number of carbonyl (C=O) groups excluding carboxylic acids is 1. The van der Waals surface area contributed by atoms with E-state index >= 15 is 0 Å². The second-order valence-corrected chi connectivity index (χ2v) is 5.43. The van der Waals surface area contributed by atoms with E-state index in [1.807, 2.05) is 12.1 Å². The summed E-state index contributed by atoms with van der Waals surface area (Å²) in [5.74, 6) is -0.646. The number of benzene rings is 2. The van der Waals surface area contributed by atoms with Crippen LogP contribution in [0, 0.1) is 0 Å². The van der Waals surface area contributed by atoms with Crippen LogP contribution in [0.2, 0.25) is 0 Å². The summed E-state index contributed by atoms with van der Waals surface area (Å²) in [4.78, 5) is 14.4. The number of hydrogen-bond donors (Lipinski definition) is 3. The highest BCUT2D eigenvalue weighted by Gasteiger charge is 2.32. The van der Waals surface area contributed by atoms with E-state index in [1.165, 1.54) is 13.2 Å². The van der Waals surface area contributed by atoms with Crippen molar-refractivity contribution in [2.75, 3.05) is 19.0 Å². The number of para-hydroxylation sites is 1. The lowest BCUT2D eigenvalue weighted by Gasteiger charge is -2.37. The molecule has 0 radical (unpaired) electrons. The lowest BCUT2D eigenvalue weighted by atomic mass is 10.0. The molecule has 0 spiro atoms. The Balaban J connectivity index is 2.10. The van der Waals surface area contributed by atoms with Gasteiger partial charge in [-0.1, -0.05) is 18.2 Å². The fraction of sp³-hybridized carbons (Fsp3) is 0.167. The first-order valence-corrected chi connectivity index (χ1v) is 7.44. The number of anilines is 1. The summed E-state index contributed by atoms with van der Waals surface area (Å²) in [6.07, 6.45) is 1.11. The molecule has 24 heavy (non-hydrogen) atoms. The Morgan fingerprint density at radius 3 is 2.79 bits per heavy atom. The molecule has 124 valence electrons. The third-order valence-corrected chi connectivity index (χ3v) is 3.96. The smallest absolute Gasteiger partial charge is 0.258 e. The third-order valence-electron chi connectivity index (χ3n) is 3.96. The molecule has 2 aromatic carbocycles. The molecule has 0 saturated carbocycles. The summed E-state index contributed by atoms with van der Waals surface area (Å²) in [6, 6.07) is 10.2. The monoisotopic (exact) mass is 326 g/mol. The van der Waals surface area contributed by atoms with E-state index in [-0.39, 0.29) is 23.2 Å². The van der Waals surface area contributed by atoms with Gasteiger partial charge in [-0.05, 0) is 24.3 Å². The van der Waals surface area contributed by atoms with Gasteiger partial charge in [-0.3, -0.25) is 4.79 Å². The number of aromatic hydroxyl groups is 2. The van der Waals surface area contributed by atoms with Crippen molar-refractivity contribution < 1.29 is 19.7 Å². The number of phenolic OH excluding ortho intramolecular Hbond substituents is 2. The zero-order valence-electron chi connectivity index (χ0n) is 13.2. The van der Waals surface area contributed by atoms with Crippen molar-refractivity contribution >= 4 is 11.6 Å². The number of hydrogen-bond acceptors (Lipinski definition) is 5. The molecule has 0 bridgehead atoms. The van der Waals surface area contributed by atoms with Gasteiger partial charge in [0.25, 0.3) is 5.91 Å². The van der Waals surface area contributed by atoms with Crippen LogP contribution in [0.15, 0.2) is 49.1 Å². The standard InChI is InChI=1S/C18H18N2O4/c1-3-8-20-17(11-9-14(21)16(22)15(10-11)24-2)19-13-7-5-4-6-12(13)18(20)23/h3-7,9-10,17,19,21-22H,1,8H2,2H3. The van der Waals surface area contributed by atoms with Gasteiger partial charge in [0, 0.05) is 17.8 Å². The van der Waals surface area contributed by atoms with Crippen molar-refractivity contribution in [2.24, 2.45) is 0 Å². The summed E-state index contributed by atoms with van der Waals surface area (Å²) in [5, 5.41) is 23.0. The van der Waals surface area contributed by atoms with Crippen LogP contribution < -0.4 is 10.1 Å². The summed E-state index contributed by atoms with van der Waals surface area (Å²) in [6.45, 7) is 4.03. The number of ether oxygens (including phenoxy) is 1. The van der Waals surface area contributed by atoms with Crippen LogP contribution in [0.25, 0.3) is 0 Å². The number of amides is 1. The van der Waals surface area contributed by atoms with Gasteiger partial charge in [0.15, 0.2) is 11.5 Å². The number of nitrogens with zero attached hydrogens (tertiary/aromatic N) is 1. The van der Waals surface area contributed by atoms with Crippen molar-refractivity contribution in [3.05, 3.63) is 60.2 Å². The molecule has 6 nitrogen and oxygen atoms in total. The summed E-state index contributed by atoms with van der Waals surface area (Å²) in [7, 11) is 1.40. The van der Waals surface area contributed by atoms with Crippen LogP contribution in [-0.4, -0.2) is 34.7 Å². The van der Waals surface area contributed by atoms with E-state index in [0.29, 0.717) is 23.4 Å². The van der Waals surface area contributed by atoms with Crippen molar-refractivity contribution in [3.8, 4) is 17.2 Å². The van der Waals surface area contributed by atoms with E-state index in [9.17, 15) is 15.0 Å². The minimum Gasteiger partial charge on any atom is -0.504 e. The van der Waals surface area contributed by atoms with Gasteiger partial charge >= 0.3 is 0 Å². The molecule has 2 aromatic rings. The SMILES string of the molecule is C=CCN1C(=O)c2ccccc2NC1c1cc(O)c(O)c(OC)c1. The Labute approximate surface area is 139 Å². The maximum Gasteiger partial charge on any atom is 0.258 e. The predicted molar refractivity (Wildman–Crippen MR) is 90.4 cm³/mol. The number of nitrogens with one attached hydrogen (secondary N) is 1. The summed E-state index contributed by atoms with van der Waals surface area (Å²) in [5.41, 5.74) is 1.87. The molecule has 0 aliphatic carbocycles. The lowest BCUT2D eigenvalue weighted by molar-refractivity contribution is 0.0707. The molecular weight excluding hydrogens is 308 g/mol. The van der Waals surface area contributed by atoms with E-state index in [2.05, 4.69) is 11.9 Å². The molecule has 0 fully saturated rings. The van der Waals surface area contributed by atoms with Crippen molar-refractivity contribution in [3.63, 3.8) is 0 Å². The molecule has 1 unspecified atom stereocenters. The van der Waals surface area contributed by atoms with Crippen molar-refractivity contribution in [1.82, 2.24) is 4.90 Å². The average Bonchev–Trinajstić information content (AvgIpc) is 2.59. The van der Waals surface area contributed by atoms with Crippen molar-refractivity contribution in [1.29, 1.82) is 0 Å². The molecule has 1 aliphatic heterocycles. The minimum absolute atomic E-state index is 0.136. The minimum atomic E-state index is -0.522. The first kappa shape index (κ1) is 15.7. The number of carbonyl (C=O) groups is 1. The van der Waals surface area contributed by atoms with Gasteiger partial charge < -0.3 is 25.2 Å². The highest BCUT2D eigenvalue weighted by Crippen LogP contribution is 2.41. The molecule has 3 N–H and O–H groups in total. The first-order chi connectivity index (χ1) is 11.6. The third kappa shape index (κ3) is 2.52. The highest BCUT2D eigenvalue weighted by atomic mass is 16.5. The molecule has 0 saturated heterocycles. The maximum atomic E-state index is 12.8. The zero-order chi connectivity index (χ0) is 17.3. The largest absolute Gasteiger partial charge is 0.504 e. The quantitative estimate of drug-likeness (QED) is 0.594. The van der Waals surface area contributed by atoms with Crippen LogP contribution in [0.3, 0.4) is 0 Å². The van der Waals surface area contributed by atoms with E-state index in [0.717, 1.165) is 0 Å². The average molecular weight is 326 g/mol. The van der Waals surface area contributed by atoms with Gasteiger partial charge in [0.2, 0.25) is 5.75 Å². The molecular formula is C18H18N2O4. The van der Waals surface area contributed by atoms with E-state index < -0.39 is 6.17 Å². The second kappa shape index (κ2) is 6.16. The zero-order valence-corrected chi connectivity index (χ0v) is 13.2. The molecule has 3 rings (SSSR count). The van der Waals surface area contributed by atoms with E-state index in [4.69, 9.17) is 4.74 Å². The van der Waals surface area contributed by atoms with Crippen molar-refractivity contribution in [2.45, 2.75) is 6.17 Å². The van der Waals surface area contributed by atoms with Gasteiger partial charge in [0.05, 0.1) is 12.7 Å². The molecule has 6 heteroatoms. The lowest BCUT2D eigenvalue weighted by Crippen LogP contribution is -2.42. The fourth-order valence-electron chi connectivity index (χ4n) is 2.81. The maximum absolute atomic E-state index is 12.8. The predicted octanol–water partition coefficient (Wildman–Crippen LogP) is 2.86. The molecule has 1 aliphatic rings.